The van der Waals surface area contributed by atoms with E-state index in [1.54, 1.807) is 11.2 Å². The average molecular weight is 406 g/mol. The summed E-state index contributed by atoms with van der Waals surface area (Å²) in [5.74, 6) is 2.01. The van der Waals surface area contributed by atoms with E-state index < -0.39 is 0 Å². The van der Waals surface area contributed by atoms with Crippen LogP contribution in [0.2, 0.25) is 0 Å². The number of nitrogens with zero attached hydrogens (tertiary/aromatic N) is 8. The number of rotatable bonds is 7. The first-order chi connectivity index (χ1) is 14.6. The number of amides is 2. The van der Waals surface area contributed by atoms with Crippen molar-refractivity contribution in [2.45, 2.75) is 45.2 Å². The number of aromatic nitrogens is 6. The summed E-state index contributed by atoms with van der Waals surface area (Å²) >= 11 is 0. The van der Waals surface area contributed by atoms with Crippen LogP contribution in [0.4, 0.5) is 10.6 Å². The van der Waals surface area contributed by atoms with E-state index in [-0.39, 0.29) is 12.1 Å². The van der Waals surface area contributed by atoms with E-state index in [9.17, 15) is 4.79 Å². The first kappa shape index (κ1) is 18.8. The van der Waals surface area contributed by atoms with Crippen LogP contribution >= 0.6 is 0 Å². The highest BCUT2D eigenvalue weighted by molar-refractivity contribution is 5.93. The Kier molecular flexibility index (Phi) is 4.72. The summed E-state index contributed by atoms with van der Waals surface area (Å²) in [7, 11) is 0. The topological polar surface area (TPSA) is 85.0 Å². The molecule has 3 aromatic heterocycles. The van der Waals surface area contributed by atoms with Crippen LogP contribution in [0.15, 0.2) is 37.1 Å². The lowest BCUT2D eigenvalue weighted by molar-refractivity contribution is 0.218. The highest BCUT2D eigenvalue weighted by atomic mass is 16.2. The van der Waals surface area contributed by atoms with E-state index in [1.165, 1.54) is 18.5 Å². The van der Waals surface area contributed by atoms with Gasteiger partial charge in [-0.2, -0.15) is 0 Å². The first-order valence-electron chi connectivity index (χ1n) is 10.5. The molecular weight excluding hydrogens is 380 g/mol. The Labute approximate surface area is 175 Å². The van der Waals surface area contributed by atoms with E-state index >= 15 is 0 Å². The van der Waals surface area contributed by atoms with Crippen molar-refractivity contribution in [1.29, 1.82) is 0 Å². The van der Waals surface area contributed by atoms with Crippen LogP contribution < -0.4 is 4.90 Å². The molecule has 2 aliphatic rings. The number of pyridine rings is 1. The maximum atomic E-state index is 13.0. The molecule has 0 spiro atoms. The Bertz CT molecular complexity index is 1050. The van der Waals surface area contributed by atoms with Crippen LogP contribution in [0.1, 0.15) is 44.3 Å². The molecule has 2 fully saturated rings. The fraction of sp³-hybridized carbons (Fsp3) is 0.476. The molecule has 0 N–H and O–H groups in total. The van der Waals surface area contributed by atoms with Crippen molar-refractivity contribution in [2.75, 3.05) is 24.5 Å². The molecule has 30 heavy (non-hydrogen) atoms. The second kappa shape index (κ2) is 7.55. The van der Waals surface area contributed by atoms with E-state index in [2.05, 4.69) is 39.8 Å². The van der Waals surface area contributed by atoms with Gasteiger partial charge in [0.1, 0.15) is 17.8 Å². The number of carbonyl (C=O) groups excluding carboxylic acids is 1. The summed E-state index contributed by atoms with van der Waals surface area (Å²) in [4.78, 5) is 25.8. The normalized spacial score (nSPS) is 16.8. The van der Waals surface area contributed by atoms with Crippen LogP contribution in [0, 0.1) is 0 Å². The minimum Gasteiger partial charge on any atom is -0.335 e. The van der Waals surface area contributed by atoms with Crippen molar-refractivity contribution < 1.29 is 4.79 Å². The molecule has 0 radical (unpaired) electrons. The molecule has 1 saturated heterocycles. The van der Waals surface area contributed by atoms with Crippen molar-refractivity contribution >= 4 is 11.8 Å². The van der Waals surface area contributed by atoms with Crippen molar-refractivity contribution in [3.05, 3.63) is 42.7 Å². The molecule has 0 atom stereocenters. The maximum Gasteiger partial charge on any atom is 0.325 e. The van der Waals surface area contributed by atoms with Crippen LogP contribution in [0.5, 0.6) is 0 Å². The predicted molar refractivity (Wildman–Crippen MR) is 112 cm³/mol. The second-order valence-corrected chi connectivity index (χ2v) is 8.27. The lowest BCUT2D eigenvalue weighted by Gasteiger charge is -2.18. The molecule has 1 saturated carbocycles. The Morgan fingerprint density at radius 1 is 1.13 bits per heavy atom. The smallest absolute Gasteiger partial charge is 0.325 e. The zero-order valence-electron chi connectivity index (χ0n) is 17.3. The summed E-state index contributed by atoms with van der Waals surface area (Å²) < 4.78 is 4.06. The zero-order chi connectivity index (χ0) is 20.7. The van der Waals surface area contributed by atoms with Crippen molar-refractivity contribution in [3.8, 4) is 11.5 Å². The molecule has 2 amide bonds. The van der Waals surface area contributed by atoms with Crippen molar-refractivity contribution in [2.24, 2.45) is 0 Å². The average Bonchev–Trinajstić information content (AvgIpc) is 3.15. The molecule has 4 heterocycles. The Morgan fingerprint density at radius 2 is 2.00 bits per heavy atom. The molecule has 0 bridgehead atoms. The predicted octanol–water partition coefficient (Wildman–Crippen LogP) is 2.94. The third kappa shape index (κ3) is 3.55. The standard InChI is InChI=1S/C21H26N8O/c1-15(2)29-14-23-25-20(29)17-4-3-5-19(24-17)28-11-10-27(21(28)30)9-8-26-12-18(22-13-26)16-6-7-16/h3-5,12-16H,6-11H2,1-2H3. The van der Waals surface area contributed by atoms with Gasteiger partial charge in [0.05, 0.1) is 12.0 Å². The van der Waals surface area contributed by atoms with Crippen molar-refractivity contribution in [3.63, 3.8) is 0 Å². The zero-order valence-corrected chi connectivity index (χ0v) is 17.3. The lowest BCUT2D eigenvalue weighted by Crippen LogP contribution is -2.34. The fourth-order valence-corrected chi connectivity index (χ4v) is 3.83. The van der Waals surface area contributed by atoms with E-state index in [1.807, 2.05) is 34.0 Å². The Morgan fingerprint density at radius 3 is 2.80 bits per heavy atom. The third-order valence-corrected chi connectivity index (χ3v) is 5.74. The van der Waals surface area contributed by atoms with Gasteiger partial charge in [0.15, 0.2) is 5.82 Å². The van der Waals surface area contributed by atoms with Gasteiger partial charge in [-0.15, -0.1) is 10.2 Å². The van der Waals surface area contributed by atoms with E-state index in [0.717, 1.165) is 12.2 Å². The quantitative estimate of drug-likeness (QED) is 0.602. The summed E-state index contributed by atoms with van der Waals surface area (Å²) in [6, 6.07) is 5.91. The SMILES string of the molecule is CC(C)n1cnnc1-c1cccc(N2CCN(CCn3cnc(C4CC4)c3)C2=O)n1. The molecule has 9 nitrogen and oxygen atoms in total. The molecule has 9 heteroatoms. The van der Waals surface area contributed by atoms with Gasteiger partial charge in [0, 0.05) is 44.3 Å². The fourth-order valence-electron chi connectivity index (χ4n) is 3.83. The molecule has 0 unspecified atom stereocenters. The van der Waals surface area contributed by atoms with E-state index in [0.29, 0.717) is 37.2 Å². The highest BCUT2D eigenvalue weighted by Gasteiger charge is 2.31. The van der Waals surface area contributed by atoms with Gasteiger partial charge >= 0.3 is 6.03 Å². The van der Waals surface area contributed by atoms with Crippen molar-refractivity contribution in [1.82, 2.24) is 34.2 Å². The van der Waals surface area contributed by atoms with Gasteiger partial charge in [-0.05, 0) is 38.8 Å². The minimum atomic E-state index is -0.00694. The van der Waals surface area contributed by atoms with E-state index in [4.69, 9.17) is 4.98 Å². The number of imidazole rings is 1. The Balaban J connectivity index is 1.27. The summed E-state index contributed by atoms with van der Waals surface area (Å²) in [5.41, 5.74) is 1.90. The number of hydrogen-bond acceptors (Lipinski definition) is 5. The molecule has 156 valence electrons. The van der Waals surface area contributed by atoms with Gasteiger partial charge in [0.2, 0.25) is 0 Å². The largest absolute Gasteiger partial charge is 0.335 e. The number of carbonyl (C=O) groups is 1. The molecule has 0 aromatic carbocycles. The van der Waals surface area contributed by atoms with Crippen LogP contribution in [-0.2, 0) is 6.54 Å². The molecular formula is C21H26N8O. The maximum absolute atomic E-state index is 13.0. The van der Waals surface area contributed by atoms with Crippen LogP contribution in [-0.4, -0.2) is 59.9 Å². The molecule has 5 rings (SSSR count). The number of hydrogen-bond donors (Lipinski definition) is 0. The van der Waals surface area contributed by atoms with Gasteiger partial charge in [0.25, 0.3) is 0 Å². The number of urea groups is 1. The highest BCUT2D eigenvalue weighted by Crippen LogP contribution is 2.38. The van der Waals surface area contributed by atoms with Gasteiger partial charge < -0.3 is 14.0 Å². The van der Waals surface area contributed by atoms with Crippen LogP contribution in [0.3, 0.4) is 0 Å². The first-order valence-corrected chi connectivity index (χ1v) is 10.5. The van der Waals surface area contributed by atoms with Crippen LogP contribution in [0.25, 0.3) is 11.5 Å². The van der Waals surface area contributed by atoms with Gasteiger partial charge in [-0.1, -0.05) is 6.07 Å². The monoisotopic (exact) mass is 406 g/mol. The third-order valence-electron chi connectivity index (χ3n) is 5.74. The molecule has 1 aliphatic heterocycles. The molecule has 3 aromatic rings. The minimum absolute atomic E-state index is 0.00694. The van der Waals surface area contributed by atoms with Gasteiger partial charge in [-0.3, -0.25) is 4.90 Å². The summed E-state index contributed by atoms with van der Waals surface area (Å²) in [6.45, 7) is 6.89. The summed E-state index contributed by atoms with van der Waals surface area (Å²) in [6.07, 6.45) is 8.20. The second-order valence-electron chi connectivity index (χ2n) is 8.27. The summed E-state index contributed by atoms with van der Waals surface area (Å²) in [5, 5.41) is 8.24. The number of anilines is 1. The molecule has 1 aliphatic carbocycles. The lowest BCUT2D eigenvalue weighted by atomic mass is 10.3. The van der Waals surface area contributed by atoms with Gasteiger partial charge in [-0.25, -0.2) is 14.8 Å². The Hall–Kier alpha value is -3.23.